The van der Waals surface area contributed by atoms with Crippen molar-refractivity contribution in [3.05, 3.63) is 29.3 Å². The molecule has 0 heterocycles. The fourth-order valence-corrected chi connectivity index (χ4v) is 3.63. The summed E-state index contributed by atoms with van der Waals surface area (Å²) in [5.74, 6) is 1.70. The van der Waals surface area contributed by atoms with Gasteiger partial charge in [-0.05, 0) is 49.7 Å². The Kier molecular flexibility index (Phi) is 3.31. The third kappa shape index (κ3) is 2.27. The van der Waals surface area contributed by atoms with Crippen LogP contribution in [-0.4, -0.2) is 30.6 Å². The van der Waals surface area contributed by atoms with E-state index in [0.29, 0.717) is 29.7 Å². The minimum absolute atomic E-state index is 0.351. The Morgan fingerprint density at radius 3 is 2.79 bits per heavy atom. The molecule has 2 aliphatic carbocycles. The highest BCUT2D eigenvalue weighted by molar-refractivity contribution is 5.84. The van der Waals surface area contributed by atoms with E-state index in [9.17, 15) is 5.11 Å². The molecule has 1 aromatic carbocycles. The van der Waals surface area contributed by atoms with Gasteiger partial charge in [0.25, 0.3) is 0 Å². The van der Waals surface area contributed by atoms with E-state index in [1.54, 1.807) is 0 Å². The number of fused-ring (bicyclic) bond motifs is 2. The minimum atomic E-state index is 0.351. The lowest BCUT2D eigenvalue weighted by Crippen LogP contribution is -2.25. The zero-order chi connectivity index (χ0) is 13.4. The van der Waals surface area contributed by atoms with Crippen molar-refractivity contribution in [3.63, 3.8) is 0 Å². The zero-order valence-corrected chi connectivity index (χ0v) is 11.5. The lowest BCUT2D eigenvalue weighted by molar-refractivity contribution is 0.0536. The highest BCUT2D eigenvalue weighted by Crippen LogP contribution is 2.47. The Labute approximate surface area is 114 Å². The van der Waals surface area contributed by atoms with Crippen LogP contribution >= 0.6 is 0 Å². The predicted octanol–water partition coefficient (Wildman–Crippen LogP) is 2.93. The summed E-state index contributed by atoms with van der Waals surface area (Å²) in [5.41, 5.74) is 1.72. The highest BCUT2D eigenvalue weighted by atomic mass is 16.5. The summed E-state index contributed by atoms with van der Waals surface area (Å²) in [7, 11) is 1.81. The van der Waals surface area contributed by atoms with Crippen molar-refractivity contribution in [2.45, 2.75) is 38.3 Å². The summed E-state index contributed by atoms with van der Waals surface area (Å²) < 4.78 is 5.50. The monoisotopic (exact) mass is 259 g/mol. The number of phenolic OH excluding ortho intramolecular Hbond substituents is 1. The summed E-state index contributed by atoms with van der Waals surface area (Å²) in [4.78, 5) is 4.71. The highest BCUT2D eigenvalue weighted by Gasteiger charge is 2.45. The smallest absolute Gasteiger partial charge is 0.127 e. The second-order valence-electron chi connectivity index (χ2n) is 5.86. The van der Waals surface area contributed by atoms with Gasteiger partial charge in [-0.1, -0.05) is 12.1 Å². The van der Waals surface area contributed by atoms with Crippen LogP contribution in [0, 0.1) is 18.8 Å². The third-order valence-corrected chi connectivity index (χ3v) is 4.73. The van der Waals surface area contributed by atoms with Crippen LogP contribution in [0.3, 0.4) is 0 Å². The first kappa shape index (κ1) is 12.7. The topological polar surface area (TPSA) is 41.8 Å². The first-order chi connectivity index (χ1) is 9.19. The molecular weight excluding hydrogens is 238 g/mol. The molecule has 0 saturated heterocycles. The summed E-state index contributed by atoms with van der Waals surface area (Å²) in [6.45, 7) is 1.91. The van der Waals surface area contributed by atoms with Gasteiger partial charge in [0, 0.05) is 18.9 Å². The van der Waals surface area contributed by atoms with E-state index >= 15 is 0 Å². The average molecular weight is 259 g/mol. The molecule has 1 N–H and O–H groups in total. The number of hydrogen-bond acceptors (Lipinski definition) is 3. The van der Waals surface area contributed by atoms with E-state index in [1.807, 2.05) is 38.4 Å². The van der Waals surface area contributed by atoms with Crippen LogP contribution in [-0.2, 0) is 4.74 Å². The van der Waals surface area contributed by atoms with Gasteiger partial charge in [0.05, 0.1) is 12.1 Å². The molecule has 4 unspecified atom stereocenters. The van der Waals surface area contributed by atoms with E-state index in [2.05, 4.69) is 0 Å². The Morgan fingerprint density at radius 2 is 2.11 bits per heavy atom. The number of aromatic hydroxyl groups is 1. The molecule has 0 aromatic heterocycles. The van der Waals surface area contributed by atoms with Crippen molar-refractivity contribution in [1.82, 2.24) is 0 Å². The van der Waals surface area contributed by atoms with Gasteiger partial charge in [0.2, 0.25) is 0 Å². The van der Waals surface area contributed by atoms with Crippen molar-refractivity contribution >= 4 is 6.21 Å². The number of para-hydroxylation sites is 1. The number of nitrogens with zero attached hydrogens (tertiary/aromatic N) is 1. The van der Waals surface area contributed by atoms with Crippen molar-refractivity contribution < 1.29 is 9.84 Å². The Balaban J connectivity index is 1.70. The van der Waals surface area contributed by atoms with Crippen molar-refractivity contribution in [2.75, 3.05) is 7.11 Å². The SMILES string of the molecule is COC1CC2CC1CC2N=Cc1cccc(C)c1O. The molecule has 2 bridgehead atoms. The van der Waals surface area contributed by atoms with Crippen molar-refractivity contribution in [2.24, 2.45) is 16.8 Å². The predicted molar refractivity (Wildman–Crippen MR) is 75.9 cm³/mol. The number of rotatable bonds is 3. The Bertz CT molecular complexity index is 498. The summed E-state index contributed by atoms with van der Waals surface area (Å²) in [6, 6.07) is 6.19. The largest absolute Gasteiger partial charge is 0.507 e. The number of aliphatic imine (C=N–C) groups is 1. The summed E-state index contributed by atoms with van der Waals surface area (Å²) >= 11 is 0. The van der Waals surface area contributed by atoms with E-state index < -0.39 is 0 Å². The fourth-order valence-electron chi connectivity index (χ4n) is 3.63. The number of phenols is 1. The Morgan fingerprint density at radius 1 is 1.26 bits per heavy atom. The van der Waals surface area contributed by atoms with Crippen LogP contribution in [0.15, 0.2) is 23.2 Å². The van der Waals surface area contributed by atoms with E-state index in [1.165, 1.54) is 6.42 Å². The fraction of sp³-hybridized carbons (Fsp3) is 0.562. The van der Waals surface area contributed by atoms with Crippen molar-refractivity contribution in [1.29, 1.82) is 0 Å². The summed E-state index contributed by atoms with van der Waals surface area (Å²) in [5, 5.41) is 9.97. The van der Waals surface area contributed by atoms with E-state index in [4.69, 9.17) is 9.73 Å². The van der Waals surface area contributed by atoms with Gasteiger partial charge in [0.15, 0.2) is 0 Å². The van der Waals surface area contributed by atoms with Gasteiger partial charge in [-0.3, -0.25) is 4.99 Å². The van der Waals surface area contributed by atoms with Gasteiger partial charge >= 0.3 is 0 Å². The molecular formula is C16H21NO2. The second-order valence-corrected chi connectivity index (χ2v) is 5.86. The standard InChI is InChI=1S/C16H21NO2/c1-10-4-3-5-11(16(10)18)9-17-14-7-13-6-12(14)8-15(13)19-2/h3-5,9,12-15,18H,6-8H2,1-2H3. The third-order valence-electron chi connectivity index (χ3n) is 4.73. The molecule has 1 aromatic rings. The van der Waals surface area contributed by atoms with Crippen LogP contribution in [0.25, 0.3) is 0 Å². The lowest BCUT2D eigenvalue weighted by Gasteiger charge is -2.24. The maximum absolute atomic E-state index is 9.97. The minimum Gasteiger partial charge on any atom is -0.507 e. The van der Waals surface area contributed by atoms with Gasteiger partial charge in [-0.2, -0.15) is 0 Å². The van der Waals surface area contributed by atoms with E-state index in [0.717, 1.165) is 24.0 Å². The molecule has 0 spiro atoms. The number of ether oxygens (including phenoxy) is 1. The molecule has 2 fully saturated rings. The molecule has 102 valence electrons. The maximum Gasteiger partial charge on any atom is 0.127 e. The molecule has 2 aliphatic rings. The zero-order valence-electron chi connectivity index (χ0n) is 11.5. The van der Waals surface area contributed by atoms with Gasteiger partial charge < -0.3 is 9.84 Å². The molecule has 0 aliphatic heterocycles. The van der Waals surface area contributed by atoms with Gasteiger partial charge in [-0.15, -0.1) is 0 Å². The number of methoxy groups -OCH3 is 1. The molecule has 0 radical (unpaired) electrons. The molecule has 4 atom stereocenters. The van der Waals surface area contributed by atoms with E-state index in [-0.39, 0.29) is 0 Å². The van der Waals surface area contributed by atoms with Crippen LogP contribution in [0.1, 0.15) is 30.4 Å². The normalized spacial score (nSPS) is 33.4. The lowest BCUT2D eigenvalue weighted by atomic mass is 9.93. The van der Waals surface area contributed by atoms with Gasteiger partial charge in [0.1, 0.15) is 5.75 Å². The van der Waals surface area contributed by atoms with Gasteiger partial charge in [-0.25, -0.2) is 0 Å². The quantitative estimate of drug-likeness (QED) is 0.848. The van der Waals surface area contributed by atoms with Crippen LogP contribution in [0.4, 0.5) is 0 Å². The number of hydrogen-bond donors (Lipinski definition) is 1. The Hall–Kier alpha value is -1.35. The van der Waals surface area contributed by atoms with Crippen LogP contribution in [0.2, 0.25) is 0 Å². The molecule has 0 amide bonds. The van der Waals surface area contributed by atoms with Crippen molar-refractivity contribution in [3.8, 4) is 5.75 Å². The van der Waals surface area contributed by atoms with Crippen LogP contribution < -0.4 is 0 Å². The first-order valence-electron chi connectivity index (χ1n) is 7.03. The first-order valence-corrected chi connectivity index (χ1v) is 7.03. The molecule has 3 rings (SSSR count). The maximum atomic E-state index is 9.97. The summed E-state index contributed by atoms with van der Waals surface area (Å²) in [6.07, 6.45) is 5.81. The molecule has 3 nitrogen and oxygen atoms in total. The van der Waals surface area contributed by atoms with Crippen LogP contribution in [0.5, 0.6) is 5.75 Å². The second kappa shape index (κ2) is 4.97. The molecule has 19 heavy (non-hydrogen) atoms. The number of aryl methyl sites for hydroxylation is 1. The molecule has 3 heteroatoms. The number of benzene rings is 1. The average Bonchev–Trinajstić information content (AvgIpc) is 2.99. The molecule has 2 saturated carbocycles.